The van der Waals surface area contributed by atoms with E-state index in [1.807, 2.05) is 42.5 Å². The normalized spacial score (nSPS) is 19.6. The third-order valence-corrected chi connectivity index (χ3v) is 11.9. The van der Waals surface area contributed by atoms with Crippen molar-refractivity contribution in [3.05, 3.63) is 137 Å². The van der Waals surface area contributed by atoms with Crippen molar-refractivity contribution in [1.29, 1.82) is 0 Å². The Balaban J connectivity index is 0.000000214. The van der Waals surface area contributed by atoms with Crippen molar-refractivity contribution >= 4 is 22.1 Å². The zero-order chi connectivity index (χ0) is 53.2. The van der Waals surface area contributed by atoms with Gasteiger partial charge in [-0.1, -0.05) is 132 Å². The van der Waals surface area contributed by atoms with Gasteiger partial charge in [0.2, 0.25) is 5.71 Å². The summed E-state index contributed by atoms with van der Waals surface area (Å²) in [6.07, 6.45) is 8.62. The van der Waals surface area contributed by atoms with Crippen LogP contribution in [0.5, 0.6) is 0 Å². The first-order valence-electron chi connectivity index (χ1n) is 27.8. The van der Waals surface area contributed by atoms with Gasteiger partial charge in [-0.3, -0.25) is 0 Å². The van der Waals surface area contributed by atoms with Gasteiger partial charge in [-0.15, -0.1) is 47.5 Å². The first kappa shape index (κ1) is 32.3. The molecular weight excluding hydrogens is 935 g/mol. The van der Waals surface area contributed by atoms with Crippen LogP contribution in [0.1, 0.15) is 144 Å². The summed E-state index contributed by atoms with van der Waals surface area (Å²) in [5.41, 5.74) is 4.23. The molecule has 0 amide bonds. The van der Waals surface area contributed by atoms with Crippen LogP contribution in [0.15, 0.2) is 102 Å². The van der Waals surface area contributed by atoms with Crippen molar-refractivity contribution in [3.63, 3.8) is 0 Å². The molecule has 2 fully saturated rings. The molecule has 4 heterocycles. The molecule has 2 saturated carbocycles. The first-order chi connectivity index (χ1) is 33.9. The van der Waals surface area contributed by atoms with Gasteiger partial charge in [-0.05, 0) is 133 Å². The van der Waals surface area contributed by atoms with Gasteiger partial charge in [0.05, 0.1) is 5.58 Å². The standard InChI is InChI=1S/C29H31N2O.C28H34N.Ir/c1-20-8-9-24-23-6-5-7-25(27(23)32-28(24)31-20)26-19-22(12-17-30-26)18-21-10-15-29(16-11-21)13-3-2-4-14-29;1-20-13-14-22(15-25(20)21-11-9-8-10-12-21)26-16-23(17-27(2,3)4)24(19-29-26)18-28(5,6)7;/h5-6,8-9,12,17,19,21H,2-4,10-11,13-16,18H2,1H3;8-13,15-16,19H,17-18H2,1-7H3;/q2*-1;/i1D3,18D2;1D3,17D2,18D2;. The van der Waals surface area contributed by atoms with Crippen LogP contribution >= 0.6 is 0 Å². The SMILES string of the molecule is [2H]C([2H])([2H])c1c[c-]c(-c2cc(C([2H])([2H])C(C)(C)C)c(C([2H])([2H])C(C)(C)C)cn2)cc1-c1ccccc1.[2H]C([2H])([2H])c1ccc2c(n1)oc1c(-c3cc(C([2H])([2H])C4CCC5(CCCCC5)CC4)ccn3)[c-]ccc12.[Ir]. The van der Waals surface area contributed by atoms with E-state index in [2.05, 4.69) is 27.1 Å². The average molecular weight is 1010 g/mol. The third kappa shape index (κ3) is 11.0. The van der Waals surface area contributed by atoms with Crippen LogP contribution in [0.4, 0.5) is 0 Å². The fourth-order valence-corrected chi connectivity index (χ4v) is 8.99. The van der Waals surface area contributed by atoms with Crippen LogP contribution in [-0.4, -0.2) is 15.0 Å². The second kappa shape index (κ2) is 19.1. The largest absolute Gasteiger partial charge is 0.486 e. The Morgan fingerprint density at radius 1 is 0.774 bits per heavy atom. The molecular formula is C57H65IrN3O-2. The Kier molecular flexibility index (Phi) is 9.95. The zero-order valence-corrected chi connectivity index (χ0v) is 39.2. The number of fused-ring (bicyclic) bond motifs is 3. The number of pyridine rings is 3. The molecule has 0 saturated heterocycles. The average Bonchev–Trinajstić information content (AvgIpc) is 3.72. The maximum atomic E-state index is 9.10. The summed E-state index contributed by atoms with van der Waals surface area (Å²) in [6.45, 7) is 6.05. The fraction of sp³-hybridized carbons (Fsp3) is 0.421. The summed E-state index contributed by atoms with van der Waals surface area (Å²) in [5.74, 6) is -0.0104. The van der Waals surface area contributed by atoms with E-state index in [4.69, 9.17) is 20.9 Å². The molecule has 325 valence electrons. The number of nitrogens with zero attached hydrogens (tertiary/aromatic N) is 3. The van der Waals surface area contributed by atoms with Crippen molar-refractivity contribution in [2.45, 2.75) is 132 Å². The molecule has 0 unspecified atom stereocenters. The number of furan rings is 1. The number of hydrogen-bond donors (Lipinski definition) is 0. The fourth-order valence-electron chi connectivity index (χ4n) is 8.99. The quantitative estimate of drug-likeness (QED) is 0.149. The van der Waals surface area contributed by atoms with Gasteiger partial charge >= 0.3 is 0 Å². The smallest absolute Gasteiger partial charge is 0.216 e. The van der Waals surface area contributed by atoms with Crippen molar-refractivity contribution < 1.29 is 41.0 Å². The molecule has 1 radical (unpaired) electrons. The number of aryl methyl sites for hydroxylation is 2. The zero-order valence-electron chi connectivity index (χ0n) is 48.8. The Bertz CT molecular complexity index is 3100. The van der Waals surface area contributed by atoms with E-state index in [1.165, 1.54) is 50.4 Å². The van der Waals surface area contributed by atoms with E-state index in [9.17, 15) is 0 Å². The van der Waals surface area contributed by atoms with Gasteiger partial charge in [-0.25, -0.2) is 4.98 Å². The maximum absolute atomic E-state index is 9.10. The number of hydrogen-bond acceptors (Lipinski definition) is 4. The van der Waals surface area contributed by atoms with E-state index in [0.717, 1.165) is 42.0 Å². The van der Waals surface area contributed by atoms with Crippen molar-refractivity contribution in [3.8, 4) is 33.6 Å². The van der Waals surface area contributed by atoms with Gasteiger partial charge < -0.3 is 14.4 Å². The molecule has 2 aliphatic carbocycles. The van der Waals surface area contributed by atoms with Gasteiger partial charge in [-0.2, -0.15) is 0 Å². The van der Waals surface area contributed by atoms with Crippen molar-refractivity contribution in [1.82, 2.24) is 15.0 Å². The Morgan fingerprint density at radius 3 is 2.26 bits per heavy atom. The van der Waals surface area contributed by atoms with Gasteiger partial charge in [0.1, 0.15) is 0 Å². The van der Waals surface area contributed by atoms with Crippen molar-refractivity contribution in [2.75, 3.05) is 0 Å². The van der Waals surface area contributed by atoms with Crippen molar-refractivity contribution in [2.24, 2.45) is 22.2 Å². The second-order valence-corrected chi connectivity index (χ2v) is 19.1. The third-order valence-electron chi connectivity index (χ3n) is 11.9. The minimum absolute atomic E-state index is 0. The molecule has 3 aromatic carbocycles. The molecule has 7 aromatic rings. The van der Waals surface area contributed by atoms with E-state index < -0.39 is 43.7 Å². The number of rotatable bonds is 7. The molecule has 5 heteroatoms. The molecule has 4 aromatic heterocycles. The van der Waals surface area contributed by atoms with Crippen LogP contribution in [0.2, 0.25) is 0 Å². The summed E-state index contributed by atoms with van der Waals surface area (Å²) < 4.78 is 107. The van der Waals surface area contributed by atoms with E-state index in [1.54, 1.807) is 78.1 Å². The molecule has 62 heavy (non-hydrogen) atoms. The second-order valence-electron chi connectivity index (χ2n) is 19.1. The predicted octanol–water partition coefficient (Wildman–Crippen LogP) is 15.5. The van der Waals surface area contributed by atoms with Crippen LogP contribution in [-0.2, 0) is 39.2 Å². The summed E-state index contributed by atoms with van der Waals surface area (Å²) >= 11 is 0. The Hall–Kier alpha value is -4.44. The summed E-state index contributed by atoms with van der Waals surface area (Å²) in [7, 11) is 0. The van der Waals surface area contributed by atoms with E-state index in [-0.39, 0.29) is 54.1 Å². The molecule has 0 atom stereocenters. The van der Waals surface area contributed by atoms with Gasteiger partial charge in [0.15, 0.2) is 0 Å². The molecule has 9 rings (SSSR count). The number of benzene rings is 3. The topological polar surface area (TPSA) is 51.8 Å². The minimum Gasteiger partial charge on any atom is -0.486 e. The Morgan fingerprint density at radius 2 is 1.53 bits per heavy atom. The molecule has 0 N–H and O–H groups in total. The van der Waals surface area contributed by atoms with Crippen LogP contribution in [0.3, 0.4) is 0 Å². The molecule has 1 spiro atoms. The minimum atomic E-state index is -2.34. The molecule has 4 nitrogen and oxygen atoms in total. The molecule has 0 bridgehead atoms. The summed E-state index contributed by atoms with van der Waals surface area (Å²) in [4.78, 5) is 13.3. The Labute approximate surface area is 402 Å². The summed E-state index contributed by atoms with van der Waals surface area (Å²) in [5, 5.41) is 1.53. The maximum Gasteiger partial charge on any atom is 0.216 e. The summed E-state index contributed by atoms with van der Waals surface area (Å²) in [6, 6.07) is 30.7. The van der Waals surface area contributed by atoms with Crippen LogP contribution < -0.4 is 0 Å². The molecule has 0 aliphatic heterocycles. The molecule has 2 aliphatic rings. The number of aromatic nitrogens is 3. The predicted molar refractivity (Wildman–Crippen MR) is 254 cm³/mol. The van der Waals surface area contributed by atoms with E-state index >= 15 is 0 Å². The van der Waals surface area contributed by atoms with Gasteiger partial charge in [0.25, 0.3) is 0 Å². The van der Waals surface area contributed by atoms with Gasteiger partial charge in [0, 0.05) is 60.0 Å². The van der Waals surface area contributed by atoms with Crippen LogP contribution in [0.25, 0.3) is 55.7 Å². The monoisotopic (exact) mass is 1010 g/mol. The van der Waals surface area contributed by atoms with E-state index in [0.29, 0.717) is 44.6 Å². The first-order valence-corrected chi connectivity index (χ1v) is 21.8. The van der Waals surface area contributed by atoms with Crippen LogP contribution in [0, 0.1) is 48.0 Å².